The number of piperidine rings is 1. The van der Waals surface area contributed by atoms with Crippen LogP contribution in [-0.4, -0.2) is 41.8 Å². The van der Waals surface area contributed by atoms with Gasteiger partial charge in [0, 0.05) is 13.1 Å². The Kier molecular flexibility index (Phi) is 5.15. The van der Waals surface area contributed by atoms with Crippen LogP contribution in [0.2, 0.25) is 0 Å². The molecule has 5 heteroatoms. The lowest BCUT2D eigenvalue weighted by molar-refractivity contribution is -0.138. The second-order valence-corrected chi connectivity index (χ2v) is 7.18. The van der Waals surface area contributed by atoms with Crippen molar-refractivity contribution in [1.29, 1.82) is 0 Å². The number of benzene rings is 2. The van der Waals surface area contributed by atoms with E-state index in [2.05, 4.69) is 4.90 Å². The highest BCUT2D eigenvalue weighted by molar-refractivity contribution is 6.35. The van der Waals surface area contributed by atoms with Crippen molar-refractivity contribution in [2.24, 2.45) is 0 Å². The molecule has 2 heterocycles. The van der Waals surface area contributed by atoms with Gasteiger partial charge in [-0.3, -0.25) is 14.5 Å². The van der Waals surface area contributed by atoms with Gasteiger partial charge < -0.3 is 9.64 Å². The zero-order valence-corrected chi connectivity index (χ0v) is 16.1. The number of likely N-dealkylation sites (tertiary alicyclic amines) is 1. The van der Waals surface area contributed by atoms with Crippen molar-refractivity contribution in [1.82, 2.24) is 9.80 Å². The first-order valence-corrected chi connectivity index (χ1v) is 9.73. The molecule has 2 aliphatic rings. The molecule has 2 aliphatic heterocycles. The summed E-state index contributed by atoms with van der Waals surface area (Å²) in [4.78, 5) is 30.1. The Balaban J connectivity index is 1.68. The van der Waals surface area contributed by atoms with Gasteiger partial charge in [0.1, 0.15) is 11.4 Å². The van der Waals surface area contributed by atoms with Crippen molar-refractivity contribution >= 4 is 17.4 Å². The number of imide groups is 1. The van der Waals surface area contributed by atoms with Crippen LogP contribution in [0.15, 0.2) is 60.3 Å². The molecule has 1 saturated heterocycles. The zero-order valence-electron chi connectivity index (χ0n) is 16.1. The molecule has 28 heavy (non-hydrogen) atoms. The Labute approximate surface area is 165 Å². The minimum absolute atomic E-state index is 0.193. The molecule has 4 rings (SSSR count). The molecule has 144 valence electrons. The summed E-state index contributed by atoms with van der Waals surface area (Å²) in [5.41, 5.74) is 2.79. The zero-order chi connectivity index (χ0) is 19.5. The predicted octanol–water partition coefficient (Wildman–Crippen LogP) is 3.46. The Morgan fingerprint density at radius 1 is 0.857 bits per heavy atom. The molecule has 0 saturated carbocycles. The van der Waals surface area contributed by atoms with E-state index in [4.69, 9.17) is 4.74 Å². The molecule has 1 fully saturated rings. The summed E-state index contributed by atoms with van der Waals surface area (Å²) in [7, 11) is 1.61. The fourth-order valence-electron chi connectivity index (χ4n) is 3.90. The highest BCUT2D eigenvalue weighted by Crippen LogP contribution is 2.34. The number of carbonyl (C=O) groups is 2. The summed E-state index contributed by atoms with van der Waals surface area (Å²) < 4.78 is 5.19. The predicted molar refractivity (Wildman–Crippen MR) is 107 cm³/mol. The number of nitrogens with zero attached hydrogens (tertiary/aromatic N) is 2. The van der Waals surface area contributed by atoms with Crippen molar-refractivity contribution in [3.8, 4) is 5.75 Å². The number of ether oxygens (including phenoxy) is 1. The molecule has 5 nitrogen and oxygen atoms in total. The summed E-state index contributed by atoms with van der Waals surface area (Å²) in [5.74, 6) is 0.342. The van der Waals surface area contributed by atoms with Crippen molar-refractivity contribution in [3.63, 3.8) is 0 Å². The van der Waals surface area contributed by atoms with E-state index < -0.39 is 0 Å². The standard InChI is InChI=1S/C23H24N2O3/c1-28-19-12-10-17(11-13-19)16-25-22(26)20(18-8-4-2-5-9-18)21(23(25)27)24-14-6-3-7-15-24/h2,4-5,8-13H,3,6-7,14-16H2,1H3. The lowest BCUT2D eigenvalue weighted by Crippen LogP contribution is -2.36. The average molecular weight is 376 g/mol. The Hall–Kier alpha value is -3.08. The monoisotopic (exact) mass is 376 g/mol. The SMILES string of the molecule is COc1ccc(CN2C(=O)C(c3ccccc3)=C(N3CCCCC3)C2=O)cc1. The number of amides is 2. The van der Waals surface area contributed by atoms with Gasteiger partial charge in [0.05, 0.1) is 19.2 Å². The molecule has 0 aromatic heterocycles. The van der Waals surface area contributed by atoms with E-state index in [1.54, 1.807) is 7.11 Å². The number of hydrogen-bond donors (Lipinski definition) is 0. The first-order valence-electron chi connectivity index (χ1n) is 9.73. The highest BCUT2D eigenvalue weighted by atomic mass is 16.5. The van der Waals surface area contributed by atoms with Crippen LogP contribution in [0.1, 0.15) is 30.4 Å². The number of rotatable bonds is 5. The fourth-order valence-corrected chi connectivity index (χ4v) is 3.90. The smallest absolute Gasteiger partial charge is 0.278 e. The largest absolute Gasteiger partial charge is 0.497 e. The third-order valence-corrected chi connectivity index (χ3v) is 5.38. The number of hydrogen-bond acceptors (Lipinski definition) is 4. The molecular weight excluding hydrogens is 352 g/mol. The maximum atomic E-state index is 13.3. The van der Waals surface area contributed by atoms with E-state index in [0.29, 0.717) is 11.3 Å². The molecule has 0 radical (unpaired) electrons. The van der Waals surface area contributed by atoms with Gasteiger partial charge in [0.2, 0.25) is 0 Å². The van der Waals surface area contributed by atoms with Gasteiger partial charge in [-0.25, -0.2) is 0 Å². The van der Waals surface area contributed by atoms with E-state index in [0.717, 1.165) is 42.8 Å². The number of methoxy groups -OCH3 is 1. The number of carbonyl (C=O) groups excluding carboxylic acids is 2. The van der Waals surface area contributed by atoms with E-state index in [1.165, 1.54) is 11.3 Å². The van der Waals surface area contributed by atoms with Crippen LogP contribution in [0.4, 0.5) is 0 Å². The summed E-state index contributed by atoms with van der Waals surface area (Å²) >= 11 is 0. The molecule has 2 aromatic rings. The van der Waals surface area contributed by atoms with Crippen molar-refractivity contribution < 1.29 is 14.3 Å². The van der Waals surface area contributed by atoms with Gasteiger partial charge >= 0.3 is 0 Å². The third-order valence-electron chi connectivity index (χ3n) is 5.38. The van der Waals surface area contributed by atoms with Gasteiger partial charge in [-0.05, 0) is 42.5 Å². The van der Waals surface area contributed by atoms with Crippen LogP contribution in [0, 0.1) is 0 Å². The van der Waals surface area contributed by atoms with E-state index >= 15 is 0 Å². The van der Waals surface area contributed by atoms with Gasteiger partial charge in [0.15, 0.2) is 0 Å². The molecule has 0 aliphatic carbocycles. The lowest BCUT2D eigenvalue weighted by atomic mass is 10.0. The third kappa shape index (κ3) is 3.40. The van der Waals surface area contributed by atoms with E-state index in [9.17, 15) is 9.59 Å². The first kappa shape index (κ1) is 18.3. The minimum atomic E-state index is -0.215. The molecule has 0 N–H and O–H groups in total. The van der Waals surface area contributed by atoms with Crippen molar-refractivity contribution in [2.75, 3.05) is 20.2 Å². The Morgan fingerprint density at radius 3 is 2.18 bits per heavy atom. The van der Waals surface area contributed by atoms with Crippen molar-refractivity contribution in [3.05, 3.63) is 71.4 Å². The Bertz CT molecular complexity index is 897. The van der Waals surface area contributed by atoms with Gasteiger partial charge in [-0.1, -0.05) is 42.5 Å². The molecule has 0 bridgehead atoms. The Morgan fingerprint density at radius 2 is 1.54 bits per heavy atom. The molecule has 2 aromatic carbocycles. The van der Waals surface area contributed by atoms with Gasteiger partial charge in [0.25, 0.3) is 11.8 Å². The molecular formula is C23H24N2O3. The maximum absolute atomic E-state index is 13.3. The topological polar surface area (TPSA) is 49.9 Å². The molecule has 0 atom stereocenters. The van der Waals surface area contributed by atoms with Crippen LogP contribution < -0.4 is 4.74 Å². The fraction of sp³-hybridized carbons (Fsp3) is 0.304. The van der Waals surface area contributed by atoms with Crippen LogP contribution in [0.25, 0.3) is 5.57 Å². The normalized spacial score (nSPS) is 17.5. The van der Waals surface area contributed by atoms with Crippen LogP contribution in [0.5, 0.6) is 5.75 Å². The highest BCUT2D eigenvalue weighted by Gasteiger charge is 2.41. The van der Waals surface area contributed by atoms with E-state index in [1.807, 2.05) is 54.6 Å². The van der Waals surface area contributed by atoms with Crippen LogP contribution in [0.3, 0.4) is 0 Å². The second-order valence-electron chi connectivity index (χ2n) is 7.18. The lowest BCUT2D eigenvalue weighted by Gasteiger charge is -2.29. The quantitative estimate of drug-likeness (QED) is 0.750. The first-order chi connectivity index (χ1) is 13.7. The van der Waals surface area contributed by atoms with Crippen LogP contribution in [-0.2, 0) is 16.1 Å². The van der Waals surface area contributed by atoms with Gasteiger partial charge in [-0.2, -0.15) is 0 Å². The average Bonchev–Trinajstić information content (AvgIpc) is 3.00. The summed E-state index contributed by atoms with van der Waals surface area (Å²) in [5, 5.41) is 0. The summed E-state index contributed by atoms with van der Waals surface area (Å²) in [6, 6.07) is 17.0. The summed E-state index contributed by atoms with van der Waals surface area (Å²) in [6.07, 6.45) is 3.26. The van der Waals surface area contributed by atoms with E-state index in [-0.39, 0.29) is 18.4 Å². The van der Waals surface area contributed by atoms with Crippen molar-refractivity contribution in [2.45, 2.75) is 25.8 Å². The maximum Gasteiger partial charge on any atom is 0.278 e. The minimum Gasteiger partial charge on any atom is -0.497 e. The molecule has 0 unspecified atom stereocenters. The second kappa shape index (κ2) is 7.89. The molecule has 0 spiro atoms. The van der Waals surface area contributed by atoms with Crippen LogP contribution >= 0.6 is 0 Å². The summed E-state index contributed by atoms with van der Waals surface area (Å²) in [6.45, 7) is 1.90. The van der Waals surface area contributed by atoms with Gasteiger partial charge in [-0.15, -0.1) is 0 Å². The molecule has 2 amide bonds.